The van der Waals surface area contributed by atoms with E-state index in [9.17, 15) is 0 Å². The third kappa shape index (κ3) is 113. The van der Waals surface area contributed by atoms with Gasteiger partial charge in [-0.15, -0.1) is 37.9 Å². The molecule has 0 radical (unpaired) electrons. The summed E-state index contributed by atoms with van der Waals surface area (Å²) in [6.45, 7) is 14.1. The Labute approximate surface area is 232 Å². The van der Waals surface area contributed by atoms with Gasteiger partial charge in [0.15, 0.2) is 0 Å². The normalized spacial score (nSPS) is 13.2. The molecule has 33 heavy (non-hydrogen) atoms. The maximum Gasteiger partial charge on any atom is 0 e. The summed E-state index contributed by atoms with van der Waals surface area (Å²) in [5.74, 6) is 0. The summed E-state index contributed by atoms with van der Waals surface area (Å²) < 4.78 is 0. The molecule has 0 atom stereocenters. The SMILES string of the molecule is C1C[N-]CCCNCCCNCCCNC1.C[C-]=O.C[C-]=O.C[C-]=O.C[C-]=O.Cl.Cl.[CH3-].[CH3-].[Ti]. The molecule has 1 aliphatic rings. The van der Waals surface area contributed by atoms with E-state index in [4.69, 9.17) is 19.2 Å². The first-order chi connectivity index (χ1) is 13.7. The molecule has 0 aromatic carbocycles. The van der Waals surface area contributed by atoms with Crippen LogP contribution in [-0.4, -0.2) is 77.5 Å². The van der Waals surface area contributed by atoms with Gasteiger partial charge in [0.25, 0.3) is 0 Å². The second-order valence-electron chi connectivity index (χ2n) is 5.15. The number of nitrogens with one attached hydrogen (secondary N) is 3. The topological polar surface area (TPSA) is 118 Å². The van der Waals surface area contributed by atoms with Crippen LogP contribution < -0.4 is 16.0 Å². The Morgan fingerprint density at radius 2 is 0.697 bits per heavy atom. The Bertz CT molecular complexity index is 224. The summed E-state index contributed by atoms with van der Waals surface area (Å²) >= 11 is 0. The molecule has 1 saturated heterocycles. The fourth-order valence-corrected chi connectivity index (χ4v) is 1.80. The van der Waals surface area contributed by atoms with E-state index in [0.29, 0.717) is 0 Å². The van der Waals surface area contributed by atoms with Gasteiger partial charge in [-0.1, -0.05) is 12.8 Å². The molecule has 1 rings (SSSR count). The van der Waals surface area contributed by atoms with E-state index >= 15 is 0 Å². The van der Waals surface area contributed by atoms with E-state index in [1.165, 1.54) is 78.5 Å². The second-order valence-corrected chi connectivity index (χ2v) is 5.15. The third-order valence-electron chi connectivity index (χ3n) is 2.75. The Balaban J connectivity index is -0.0000000414. The average Bonchev–Trinajstić information content (AvgIpc) is 2.65. The van der Waals surface area contributed by atoms with Crippen molar-refractivity contribution in [3.05, 3.63) is 20.2 Å². The van der Waals surface area contributed by atoms with Crippen molar-refractivity contribution < 1.29 is 40.9 Å². The molecule has 11 heteroatoms. The van der Waals surface area contributed by atoms with E-state index in [1.54, 1.807) is 0 Å². The maximum atomic E-state index is 8.68. The molecule has 1 fully saturated rings. The molecule has 1 aliphatic heterocycles. The largest absolute Gasteiger partial charge is 0.662 e. The summed E-state index contributed by atoms with van der Waals surface area (Å²) in [7, 11) is 0. The first kappa shape index (κ1) is 58.6. The van der Waals surface area contributed by atoms with Crippen LogP contribution in [0.15, 0.2) is 0 Å². The van der Waals surface area contributed by atoms with Crippen LogP contribution in [0.25, 0.3) is 5.32 Å². The van der Waals surface area contributed by atoms with Gasteiger partial charge in [-0.05, 0) is 52.1 Å². The van der Waals surface area contributed by atoms with Gasteiger partial charge in [-0.2, -0.15) is 27.7 Å². The van der Waals surface area contributed by atoms with Crippen LogP contribution in [-0.2, 0) is 40.9 Å². The summed E-state index contributed by atoms with van der Waals surface area (Å²) in [6, 6.07) is 0. The molecule has 8 nitrogen and oxygen atoms in total. The summed E-state index contributed by atoms with van der Waals surface area (Å²) in [5.41, 5.74) is 0. The van der Waals surface area contributed by atoms with Crippen molar-refractivity contribution in [2.24, 2.45) is 0 Å². The van der Waals surface area contributed by atoms with Crippen molar-refractivity contribution in [2.75, 3.05) is 52.4 Å². The van der Waals surface area contributed by atoms with Crippen LogP contribution in [0.5, 0.6) is 0 Å². The zero-order valence-electron chi connectivity index (χ0n) is 21.4. The number of carbonyl (C=O) groups excluding carboxylic acids is 4. The van der Waals surface area contributed by atoms with Gasteiger partial charge in [-0.3, -0.25) is 25.1 Å². The van der Waals surface area contributed by atoms with Crippen molar-refractivity contribution in [1.29, 1.82) is 0 Å². The van der Waals surface area contributed by atoms with Crippen LogP contribution >= 0.6 is 24.8 Å². The van der Waals surface area contributed by atoms with Crippen molar-refractivity contribution in [1.82, 2.24) is 16.0 Å². The molecule has 0 aromatic rings. The number of rotatable bonds is 0. The van der Waals surface area contributed by atoms with Crippen molar-refractivity contribution in [3.8, 4) is 0 Å². The summed E-state index contributed by atoms with van der Waals surface area (Å²) in [6.07, 6.45) is 10.8. The first-order valence-electron chi connectivity index (χ1n) is 9.57. The minimum atomic E-state index is 0. The van der Waals surface area contributed by atoms with Gasteiger partial charge < -0.3 is 55.3 Å². The Morgan fingerprint density at radius 3 is 0.909 bits per heavy atom. The van der Waals surface area contributed by atoms with E-state index < -0.39 is 0 Å². The smallest absolute Gasteiger partial charge is 0 e. The van der Waals surface area contributed by atoms with Crippen molar-refractivity contribution in [3.63, 3.8) is 0 Å². The second kappa shape index (κ2) is 76.9. The van der Waals surface area contributed by atoms with E-state index in [1.807, 2.05) is 0 Å². The fourth-order valence-electron chi connectivity index (χ4n) is 1.80. The van der Waals surface area contributed by atoms with Crippen LogP contribution in [0.2, 0.25) is 0 Å². The number of hydrogen-bond acceptors (Lipinski definition) is 7. The molecule has 0 aromatic heterocycles. The Hall–Kier alpha value is -0.186. The number of nitrogens with zero attached hydrogens (tertiary/aromatic N) is 1. The zero-order chi connectivity index (χ0) is 22.1. The molecule has 0 aliphatic carbocycles. The van der Waals surface area contributed by atoms with Crippen LogP contribution in [0.1, 0.15) is 53.4 Å². The Morgan fingerprint density at radius 1 is 0.515 bits per heavy atom. The van der Waals surface area contributed by atoms with Gasteiger partial charge in [-0.25, -0.2) is 0 Å². The van der Waals surface area contributed by atoms with Crippen molar-refractivity contribution in [2.45, 2.75) is 53.4 Å². The number of hydrogen-bond donors (Lipinski definition) is 3. The monoisotopic (exact) mass is 549 g/mol. The molecule has 0 spiro atoms. The van der Waals surface area contributed by atoms with Crippen LogP contribution in [0.3, 0.4) is 0 Å². The summed E-state index contributed by atoms with van der Waals surface area (Å²) in [5, 5.41) is 14.9. The predicted octanol–water partition coefficient (Wildman–Crippen LogP) is 2.91. The van der Waals surface area contributed by atoms with Gasteiger partial charge in [0.05, 0.1) is 0 Å². The molecular weight excluding hydrogens is 503 g/mol. The first-order valence-corrected chi connectivity index (χ1v) is 9.57. The quantitative estimate of drug-likeness (QED) is 0.314. The minimum Gasteiger partial charge on any atom is -0.662 e. The Kier molecular flexibility index (Phi) is 137. The molecule has 0 amide bonds. The average molecular weight is 550 g/mol. The van der Waals surface area contributed by atoms with Gasteiger partial charge in [0, 0.05) is 21.7 Å². The standard InChI is InChI=1S/C12H27N4.4C2H3O.2CH3.2ClH.Ti/c1-5-13-7-2-9-15-11-4-12-16-10-3-8-14-6-1;4*1-2-3;;;;;/h13-15H,1-12H2;4*1H3;2*1H3;2*1H;/q7*-1;;;. The van der Waals surface area contributed by atoms with E-state index in [2.05, 4.69) is 21.3 Å². The van der Waals surface area contributed by atoms with Crippen molar-refractivity contribution >= 4 is 50.0 Å². The molecule has 3 N–H and O–H groups in total. The van der Waals surface area contributed by atoms with Gasteiger partial charge in [0.1, 0.15) is 0 Å². The van der Waals surface area contributed by atoms with Crippen LogP contribution in [0.4, 0.5) is 0 Å². The number of halogens is 2. The predicted molar refractivity (Wildman–Crippen MR) is 143 cm³/mol. The third-order valence-corrected chi connectivity index (χ3v) is 2.75. The zero-order valence-corrected chi connectivity index (χ0v) is 24.6. The molecule has 1 heterocycles. The van der Waals surface area contributed by atoms with Crippen LogP contribution in [0, 0.1) is 14.9 Å². The minimum absolute atomic E-state index is 0. The fraction of sp³-hybridized carbons (Fsp3) is 0.727. The van der Waals surface area contributed by atoms with E-state index in [0.717, 1.165) is 52.4 Å². The summed E-state index contributed by atoms with van der Waals surface area (Å²) in [4.78, 5) is 34.7. The molecular formula is C22H47Cl2N4O4Ti-7. The maximum absolute atomic E-state index is 8.68. The van der Waals surface area contributed by atoms with E-state index in [-0.39, 0.29) is 61.4 Å². The van der Waals surface area contributed by atoms with Gasteiger partial charge in [0.2, 0.25) is 0 Å². The molecule has 0 saturated carbocycles. The molecule has 0 bridgehead atoms. The van der Waals surface area contributed by atoms with Gasteiger partial charge >= 0.3 is 0 Å². The molecule has 0 unspecified atom stereocenters. The molecule has 204 valence electrons.